The first kappa shape index (κ1) is 12.7. The predicted molar refractivity (Wildman–Crippen MR) is 76.0 cm³/mol. The first-order valence-corrected chi connectivity index (χ1v) is 7.30. The van der Waals surface area contributed by atoms with E-state index in [0.29, 0.717) is 24.3 Å². The number of fused-ring (bicyclic) bond motifs is 1. The fraction of sp³-hybridized carbons (Fsp3) is 0.562. The van der Waals surface area contributed by atoms with E-state index < -0.39 is 0 Å². The number of amides is 1. The summed E-state index contributed by atoms with van der Waals surface area (Å²) in [7, 11) is 0. The second-order valence-corrected chi connectivity index (χ2v) is 5.88. The van der Waals surface area contributed by atoms with Crippen molar-refractivity contribution in [1.82, 2.24) is 10.2 Å². The van der Waals surface area contributed by atoms with E-state index in [2.05, 4.69) is 41.4 Å². The topological polar surface area (TPSA) is 32.3 Å². The van der Waals surface area contributed by atoms with Gasteiger partial charge >= 0.3 is 0 Å². The molecule has 2 saturated heterocycles. The smallest absolute Gasteiger partial charge is 0.227 e. The zero-order chi connectivity index (χ0) is 13.2. The van der Waals surface area contributed by atoms with Crippen LogP contribution in [-0.4, -0.2) is 36.5 Å². The molecule has 3 rings (SSSR count). The highest BCUT2D eigenvalue weighted by Gasteiger charge is 2.36. The summed E-state index contributed by atoms with van der Waals surface area (Å²) >= 11 is 0. The maximum absolute atomic E-state index is 12.5. The number of rotatable bonds is 2. The molecule has 0 saturated carbocycles. The normalized spacial score (nSPS) is 26.3. The van der Waals surface area contributed by atoms with Gasteiger partial charge in [0.25, 0.3) is 0 Å². The molecule has 0 radical (unpaired) electrons. The van der Waals surface area contributed by atoms with Crippen LogP contribution in [0, 0.1) is 12.8 Å². The van der Waals surface area contributed by atoms with Crippen molar-refractivity contribution in [2.75, 3.05) is 19.6 Å². The average molecular weight is 258 g/mol. The molecule has 1 aromatic rings. The number of piperidine rings is 1. The van der Waals surface area contributed by atoms with Gasteiger partial charge in [0.05, 0.1) is 6.42 Å². The zero-order valence-corrected chi connectivity index (χ0v) is 11.6. The number of nitrogens with one attached hydrogen (secondary N) is 1. The Morgan fingerprint density at radius 2 is 2.11 bits per heavy atom. The van der Waals surface area contributed by atoms with Gasteiger partial charge < -0.3 is 10.2 Å². The summed E-state index contributed by atoms with van der Waals surface area (Å²) in [6, 6.07) is 8.74. The van der Waals surface area contributed by atoms with Gasteiger partial charge in [-0.3, -0.25) is 4.79 Å². The van der Waals surface area contributed by atoms with Crippen LogP contribution in [0.2, 0.25) is 0 Å². The molecule has 1 N–H and O–H groups in total. The first-order chi connectivity index (χ1) is 9.24. The number of nitrogens with zero attached hydrogens (tertiary/aromatic N) is 1. The van der Waals surface area contributed by atoms with E-state index in [1.807, 2.05) is 0 Å². The van der Waals surface area contributed by atoms with Crippen LogP contribution in [0.5, 0.6) is 0 Å². The van der Waals surface area contributed by atoms with E-state index in [0.717, 1.165) is 31.6 Å². The third-order valence-electron chi connectivity index (χ3n) is 4.47. The van der Waals surface area contributed by atoms with Gasteiger partial charge in [-0.1, -0.05) is 29.8 Å². The molecule has 3 nitrogen and oxygen atoms in total. The van der Waals surface area contributed by atoms with Gasteiger partial charge in [-0.2, -0.15) is 0 Å². The molecule has 2 unspecified atom stereocenters. The summed E-state index contributed by atoms with van der Waals surface area (Å²) in [6.45, 7) is 5.07. The van der Waals surface area contributed by atoms with E-state index in [4.69, 9.17) is 0 Å². The molecule has 0 aromatic heterocycles. The monoisotopic (exact) mass is 258 g/mol. The molecule has 2 aliphatic rings. The lowest BCUT2D eigenvalue weighted by atomic mass is 9.91. The van der Waals surface area contributed by atoms with E-state index in [-0.39, 0.29) is 0 Å². The number of aryl methyl sites for hydroxylation is 1. The summed E-state index contributed by atoms with van der Waals surface area (Å²) in [6.07, 6.45) is 2.97. The van der Waals surface area contributed by atoms with Crippen LogP contribution in [0.4, 0.5) is 0 Å². The van der Waals surface area contributed by atoms with Crippen molar-refractivity contribution < 1.29 is 4.79 Å². The van der Waals surface area contributed by atoms with Gasteiger partial charge in [-0.15, -0.1) is 0 Å². The van der Waals surface area contributed by atoms with Crippen molar-refractivity contribution in [3.63, 3.8) is 0 Å². The lowest BCUT2D eigenvalue weighted by molar-refractivity contribution is -0.134. The van der Waals surface area contributed by atoms with E-state index in [1.165, 1.54) is 12.0 Å². The van der Waals surface area contributed by atoms with Crippen molar-refractivity contribution >= 4 is 5.91 Å². The summed E-state index contributed by atoms with van der Waals surface area (Å²) in [5.74, 6) is 0.970. The van der Waals surface area contributed by atoms with Crippen LogP contribution in [0.25, 0.3) is 0 Å². The molecule has 1 aromatic carbocycles. The summed E-state index contributed by atoms with van der Waals surface area (Å²) in [4.78, 5) is 14.6. The summed E-state index contributed by atoms with van der Waals surface area (Å²) < 4.78 is 0. The molecule has 0 spiro atoms. The lowest BCUT2D eigenvalue weighted by Crippen LogP contribution is -2.48. The predicted octanol–water partition coefficient (Wildman–Crippen LogP) is 1.75. The quantitative estimate of drug-likeness (QED) is 0.876. The van der Waals surface area contributed by atoms with Crippen molar-refractivity contribution in [2.45, 2.75) is 32.2 Å². The fourth-order valence-corrected chi connectivity index (χ4v) is 3.36. The Balaban J connectivity index is 1.67. The maximum Gasteiger partial charge on any atom is 0.227 e. The SMILES string of the molecule is Cc1ccc(CC(=O)N2CCCC3CNCC32)cc1. The Labute approximate surface area is 115 Å². The van der Waals surface area contributed by atoms with Crippen LogP contribution in [0.1, 0.15) is 24.0 Å². The third kappa shape index (κ3) is 2.66. The Morgan fingerprint density at radius 1 is 1.32 bits per heavy atom. The van der Waals surface area contributed by atoms with Crippen LogP contribution in [-0.2, 0) is 11.2 Å². The molecule has 2 aliphatic heterocycles. The van der Waals surface area contributed by atoms with Gasteiger partial charge in [-0.25, -0.2) is 0 Å². The first-order valence-electron chi connectivity index (χ1n) is 7.30. The van der Waals surface area contributed by atoms with Gasteiger partial charge in [0.2, 0.25) is 5.91 Å². The van der Waals surface area contributed by atoms with Gasteiger partial charge in [0.1, 0.15) is 0 Å². The Bertz CT molecular complexity index is 454. The van der Waals surface area contributed by atoms with Gasteiger partial charge in [0.15, 0.2) is 0 Å². The molecular weight excluding hydrogens is 236 g/mol. The number of carbonyl (C=O) groups is 1. The zero-order valence-electron chi connectivity index (χ0n) is 11.6. The van der Waals surface area contributed by atoms with Gasteiger partial charge in [-0.05, 0) is 31.2 Å². The van der Waals surface area contributed by atoms with Crippen LogP contribution in [0.3, 0.4) is 0 Å². The van der Waals surface area contributed by atoms with Crippen molar-refractivity contribution in [3.05, 3.63) is 35.4 Å². The molecule has 3 heteroatoms. The van der Waals surface area contributed by atoms with Crippen LogP contribution >= 0.6 is 0 Å². The number of carbonyl (C=O) groups excluding carboxylic acids is 1. The molecule has 2 fully saturated rings. The molecule has 0 aliphatic carbocycles. The lowest BCUT2D eigenvalue weighted by Gasteiger charge is -2.37. The maximum atomic E-state index is 12.5. The number of likely N-dealkylation sites (tertiary alicyclic amines) is 1. The number of hydrogen-bond acceptors (Lipinski definition) is 2. The Hall–Kier alpha value is -1.35. The minimum Gasteiger partial charge on any atom is -0.338 e. The number of benzene rings is 1. The van der Waals surface area contributed by atoms with E-state index >= 15 is 0 Å². The Kier molecular flexibility index (Phi) is 3.56. The standard InChI is InChI=1S/C16H22N2O/c1-12-4-6-13(7-5-12)9-16(19)18-8-2-3-14-10-17-11-15(14)18/h4-7,14-15,17H,2-3,8-11H2,1H3. The summed E-state index contributed by atoms with van der Waals surface area (Å²) in [5.41, 5.74) is 2.37. The molecule has 1 amide bonds. The minimum atomic E-state index is 0.294. The number of hydrogen-bond donors (Lipinski definition) is 1. The summed E-state index contributed by atoms with van der Waals surface area (Å²) in [5, 5.41) is 3.43. The largest absolute Gasteiger partial charge is 0.338 e. The molecule has 102 valence electrons. The molecule has 19 heavy (non-hydrogen) atoms. The Morgan fingerprint density at radius 3 is 2.89 bits per heavy atom. The highest BCUT2D eigenvalue weighted by atomic mass is 16.2. The molecular formula is C16H22N2O. The van der Waals surface area contributed by atoms with E-state index in [1.54, 1.807) is 0 Å². The molecule has 0 bridgehead atoms. The fourth-order valence-electron chi connectivity index (χ4n) is 3.36. The highest BCUT2D eigenvalue weighted by molar-refractivity contribution is 5.79. The molecule has 2 heterocycles. The van der Waals surface area contributed by atoms with E-state index in [9.17, 15) is 4.79 Å². The third-order valence-corrected chi connectivity index (χ3v) is 4.47. The van der Waals surface area contributed by atoms with Crippen LogP contribution < -0.4 is 5.32 Å². The second kappa shape index (κ2) is 5.33. The molecule has 2 atom stereocenters. The highest BCUT2D eigenvalue weighted by Crippen LogP contribution is 2.26. The van der Waals surface area contributed by atoms with Crippen molar-refractivity contribution in [1.29, 1.82) is 0 Å². The van der Waals surface area contributed by atoms with Crippen LogP contribution in [0.15, 0.2) is 24.3 Å². The average Bonchev–Trinajstić information content (AvgIpc) is 2.89. The second-order valence-electron chi connectivity index (χ2n) is 5.88. The minimum absolute atomic E-state index is 0.294. The van der Waals surface area contributed by atoms with Crippen molar-refractivity contribution in [2.24, 2.45) is 5.92 Å². The van der Waals surface area contributed by atoms with Gasteiger partial charge in [0, 0.05) is 25.7 Å². The van der Waals surface area contributed by atoms with Crippen molar-refractivity contribution in [3.8, 4) is 0 Å².